The second-order valence-electron chi connectivity index (χ2n) is 0.983. The van der Waals surface area contributed by atoms with Gasteiger partial charge < -0.3 is 0 Å². The Hall–Kier alpha value is 0.790. The third-order valence-corrected chi connectivity index (χ3v) is 3.48. The highest BCUT2D eigenvalue weighted by atomic mass is 32.2. The molecule has 1 aliphatic rings. The first kappa shape index (κ1) is 4.94. The Morgan fingerprint density at radius 3 is 2.67 bits per heavy atom. The molecule has 0 amide bonds. The lowest BCUT2D eigenvalue weighted by Gasteiger charge is -1.74. The van der Waals surface area contributed by atoms with Gasteiger partial charge in [0.15, 0.2) is 0 Å². The SMILES string of the molecule is S=C1CSCS1. The summed E-state index contributed by atoms with van der Waals surface area (Å²) >= 11 is 8.56. The van der Waals surface area contributed by atoms with Crippen LogP contribution in [0.5, 0.6) is 0 Å². The first-order chi connectivity index (χ1) is 2.89. The van der Waals surface area contributed by atoms with Gasteiger partial charge in [0, 0.05) is 10.8 Å². The number of rotatable bonds is 0. The second kappa shape index (κ2) is 2.19. The highest BCUT2D eigenvalue weighted by molar-refractivity contribution is 8.34. The molecule has 1 fully saturated rings. The molecule has 0 atom stereocenters. The monoisotopic (exact) mass is 136 g/mol. The first-order valence-corrected chi connectivity index (χ1v) is 4.18. The lowest BCUT2D eigenvalue weighted by molar-refractivity contribution is 2.13. The van der Waals surface area contributed by atoms with Crippen LogP contribution in [0.3, 0.4) is 0 Å². The Balaban J connectivity index is 2.37. The zero-order valence-electron chi connectivity index (χ0n) is 3.14. The summed E-state index contributed by atoms with van der Waals surface area (Å²) in [5, 5.41) is 1.18. The smallest absolute Gasteiger partial charge is 0.0586 e. The van der Waals surface area contributed by atoms with Crippen LogP contribution in [0.1, 0.15) is 0 Å². The van der Waals surface area contributed by atoms with E-state index in [1.807, 2.05) is 11.8 Å². The van der Waals surface area contributed by atoms with Gasteiger partial charge in [-0.3, -0.25) is 0 Å². The minimum Gasteiger partial charge on any atom is -0.144 e. The van der Waals surface area contributed by atoms with Crippen LogP contribution in [0.4, 0.5) is 0 Å². The molecule has 0 saturated carbocycles. The van der Waals surface area contributed by atoms with Crippen molar-refractivity contribution in [3.63, 3.8) is 0 Å². The summed E-state index contributed by atoms with van der Waals surface area (Å²) in [6, 6.07) is 0. The average molecular weight is 136 g/mol. The van der Waals surface area contributed by atoms with E-state index in [1.54, 1.807) is 11.8 Å². The highest BCUT2D eigenvalue weighted by Gasteiger charge is 2.04. The van der Waals surface area contributed by atoms with Gasteiger partial charge in [0.05, 0.1) is 4.20 Å². The van der Waals surface area contributed by atoms with Crippen LogP contribution < -0.4 is 0 Å². The van der Waals surface area contributed by atoms with Crippen molar-refractivity contribution < 1.29 is 0 Å². The molecule has 0 unspecified atom stereocenters. The maximum atomic E-state index is 4.86. The summed E-state index contributed by atoms with van der Waals surface area (Å²) < 4.78 is 1.17. The molecule has 34 valence electrons. The largest absolute Gasteiger partial charge is 0.144 e. The summed E-state index contributed by atoms with van der Waals surface area (Å²) in [6.45, 7) is 0. The van der Waals surface area contributed by atoms with Gasteiger partial charge >= 0.3 is 0 Å². The Labute approximate surface area is 51.1 Å². The predicted octanol–water partition coefficient (Wildman–Crippen LogP) is 1.75. The van der Waals surface area contributed by atoms with Crippen molar-refractivity contribution >= 4 is 39.9 Å². The van der Waals surface area contributed by atoms with Gasteiger partial charge in [-0.05, 0) is 0 Å². The summed E-state index contributed by atoms with van der Waals surface area (Å²) in [7, 11) is 0. The van der Waals surface area contributed by atoms with Gasteiger partial charge in [0.1, 0.15) is 0 Å². The van der Waals surface area contributed by atoms with Crippen molar-refractivity contribution in [1.82, 2.24) is 0 Å². The van der Waals surface area contributed by atoms with Crippen LogP contribution in [0.25, 0.3) is 0 Å². The Bertz CT molecular complexity index is 60.4. The summed E-state index contributed by atoms with van der Waals surface area (Å²) in [6.07, 6.45) is 0. The number of hydrogen-bond acceptors (Lipinski definition) is 3. The van der Waals surface area contributed by atoms with E-state index < -0.39 is 0 Å². The molecule has 0 aromatic heterocycles. The zero-order valence-corrected chi connectivity index (χ0v) is 5.59. The van der Waals surface area contributed by atoms with E-state index in [0.717, 1.165) is 5.75 Å². The van der Waals surface area contributed by atoms with Crippen LogP contribution in [0.15, 0.2) is 0 Å². The zero-order chi connectivity index (χ0) is 4.41. The normalized spacial score (nSPS) is 22.3. The molecule has 1 saturated heterocycles. The molecule has 0 aliphatic carbocycles. The van der Waals surface area contributed by atoms with Crippen molar-refractivity contribution in [2.24, 2.45) is 0 Å². The van der Waals surface area contributed by atoms with Gasteiger partial charge in [0.2, 0.25) is 0 Å². The van der Waals surface area contributed by atoms with Crippen LogP contribution in [-0.4, -0.2) is 15.0 Å². The fourth-order valence-corrected chi connectivity index (χ4v) is 2.90. The van der Waals surface area contributed by atoms with E-state index in [1.165, 1.54) is 9.28 Å². The van der Waals surface area contributed by atoms with E-state index in [4.69, 9.17) is 12.2 Å². The molecule has 0 nitrogen and oxygen atoms in total. The van der Waals surface area contributed by atoms with E-state index >= 15 is 0 Å². The first-order valence-electron chi connectivity index (χ1n) is 1.63. The molecular weight excluding hydrogens is 132 g/mol. The quantitative estimate of drug-likeness (QED) is 0.466. The molecule has 1 aliphatic heterocycles. The Morgan fingerprint density at radius 1 is 1.67 bits per heavy atom. The van der Waals surface area contributed by atoms with E-state index in [0.29, 0.717) is 0 Å². The van der Waals surface area contributed by atoms with Crippen molar-refractivity contribution in [2.45, 2.75) is 0 Å². The molecule has 0 bridgehead atoms. The van der Waals surface area contributed by atoms with Crippen LogP contribution in [-0.2, 0) is 0 Å². The van der Waals surface area contributed by atoms with Crippen molar-refractivity contribution in [2.75, 3.05) is 10.8 Å². The van der Waals surface area contributed by atoms with Crippen LogP contribution >= 0.6 is 35.7 Å². The summed E-state index contributed by atoms with van der Waals surface area (Å²) in [5.74, 6) is 1.10. The van der Waals surface area contributed by atoms with Gasteiger partial charge in [-0.15, -0.1) is 23.5 Å². The van der Waals surface area contributed by atoms with Crippen molar-refractivity contribution in [3.8, 4) is 0 Å². The minimum atomic E-state index is 1.10. The van der Waals surface area contributed by atoms with E-state index in [2.05, 4.69) is 0 Å². The lowest BCUT2D eigenvalue weighted by Crippen LogP contribution is -1.77. The minimum absolute atomic E-state index is 1.10. The standard InChI is InChI=1S/C3H4S3/c4-3-1-5-2-6-3/h1-2H2. The fraction of sp³-hybridized carbons (Fsp3) is 0.667. The molecule has 6 heavy (non-hydrogen) atoms. The van der Waals surface area contributed by atoms with Crippen LogP contribution in [0.2, 0.25) is 0 Å². The molecule has 0 spiro atoms. The maximum absolute atomic E-state index is 4.86. The summed E-state index contributed by atoms with van der Waals surface area (Å²) in [5.41, 5.74) is 0. The van der Waals surface area contributed by atoms with Crippen LogP contribution in [0, 0.1) is 0 Å². The van der Waals surface area contributed by atoms with E-state index in [-0.39, 0.29) is 0 Å². The molecule has 0 aromatic rings. The Kier molecular flexibility index (Phi) is 1.80. The van der Waals surface area contributed by atoms with Gasteiger partial charge in [-0.1, -0.05) is 12.2 Å². The molecule has 3 heteroatoms. The molecule has 0 aromatic carbocycles. The molecule has 0 radical (unpaired) electrons. The third-order valence-electron chi connectivity index (χ3n) is 0.523. The maximum Gasteiger partial charge on any atom is 0.0586 e. The highest BCUT2D eigenvalue weighted by Crippen LogP contribution is 2.24. The molecule has 1 heterocycles. The third kappa shape index (κ3) is 1.13. The number of thioether (sulfide) groups is 2. The number of thiocarbonyl (C=S) groups is 1. The summed E-state index contributed by atoms with van der Waals surface area (Å²) in [4.78, 5) is 0. The number of hydrogen-bond donors (Lipinski definition) is 0. The fourth-order valence-electron chi connectivity index (χ4n) is 0.274. The average Bonchev–Trinajstić information content (AvgIpc) is 1.86. The van der Waals surface area contributed by atoms with Gasteiger partial charge in [-0.2, -0.15) is 0 Å². The molecule has 0 N–H and O–H groups in total. The van der Waals surface area contributed by atoms with Crippen molar-refractivity contribution in [3.05, 3.63) is 0 Å². The Morgan fingerprint density at radius 2 is 2.50 bits per heavy atom. The van der Waals surface area contributed by atoms with E-state index in [9.17, 15) is 0 Å². The predicted molar refractivity (Wildman–Crippen MR) is 37.5 cm³/mol. The van der Waals surface area contributed by atoms with Gasteiger partial charge in [0.25, 0.3) is 0 Å². The lowest BCUT2D eigenvalue weighted by atomic mass is 11.0. The second-order valence-corrected chi connectivity index (χ2v) is 4.16. The topological polar surface area (TPSA) is 0 Å². The molecule has 1 rings (SSSR count). The van der Waals surface area contributed by atoms with Gasteiger partial charge in [-0.25, -0.2) is 0 Å². The molecular formula is C3H4S3. The van der Waals surface area contributed by atoms with Crippen molar-refractivity contribution in [1.29, 1.82) is 0 Å².